The first-order valence-electron chi connectivity index (χ1n) is 5.96. The van der Waals surface area contributed by atoms with Crippen LogP contribution >= 0.6 is 44.1 Å². The predicted octanol–water partition coefficient (Wildman–Crippen LogP) is 5.76. The normalized spacial score (nSPS) is 11.1. The Labute approximate surface area is 134 Å². The Morgan fingerprint density at radius 3 is 2.53 bits per heavy atom. The van der Waals surface area contributed by atoms with Gasteiger partial charge in [0.05, 0.1) is 4.47 Å². The molecule has 0 unspecified atom stereocenters. The van der Waals surface area contributed by atoms with Gasteiger partial charge in [0.2, 0.25) is 0 Å². The molecule has 0 aliphatic carbocycles. The fourth-order valence-electron chi connectivity index (χ4n) is 1.75. The van der Waals surface area contributed by atoms with E-state index in [4.69, 9.17) is 12.2 Å². The van der Waals surface area contributed by atoms with Crippen LogP contribution in [0.2, 0.25) is 0 Å². The highest BCUT2D eigenvalue weighted by molar-refractivity contribution is 9.10. The van der Waals surface area contributed by atoms with Gasteiger partial charge in [-0.25, -0.2) is 4.98 Å². The van der Waals surface area contributed by atoms with Gasteiger partial charge in [-0.2, -0.15) is 0 Å². The summed E-state index contributed by atoms with van der Waals surface area (Å²) in [6, 6.07) is 6.17. The minimum Gasteiger partial charge on any atom is -0.342 e. The third-order valence-electron chi connectivity index (χ3n) is 2.91. The lowest BCUT2D eigenvalue weighted by Crippen LogP contribution is -2.00. The highest BCUT2D eigenvalue weighted by Crippen LogP contribution is 2.28. The van der Waals surface area contributed by atoms with Crippen molar-refractivity contribution in [2.75, 3.05) is 0 Å². The maximum Gasteiger partial charge on any atom is 0.144 e. The van der Waals surface area contributed by atoms with Crippen molar-refractivity contribution in [1.29, 1.82) is 0 Å². The van der Waals surface area contributed by atoms with Crippen LogP contribution in [0.3, 0.4) is 0 Å². The first-order chi connectivity index (χ1) is 8.90. The van der Waals surface area contributed by atoms with Crippen molar-refractivity contribution in [1.82, 2.24) is 9.97 Å². The zero-order chi connectivity index (χ0) is 14.2. The van der Waals surface area contributed by atoms with Crippen LogP contribution in [-0.2, 0) is 0 Å². The molecule has 19 heavy (non-hydrogen) atoms. The quantitative estimate of drug-likeness (QED) is 0.647. The van der Waals surface area contributed by atoms with Crippen LogP contribution in [-0.4, -0.2) is 9.97 Å². The molecule has 0 spiro atoms. The van der Waals surface area contributed by atoms with Crippen LogP contribution in [0.5, 0.6) is 0 Å². The lowest BCUT2D eigenvalue weighted by Gasteiger charge is -2.12. The minimum absolute atomic E-state index is 0.353. The number of rotatable bonds is 2. The highest BCUT2D eigenvalue weighted by atomic mass is 79.9. The van der Waals surface area contributed by atoms with E-state index in [2.05, 4.69) is 74.7 Å². The third kappa shape index (κ3) is 3.15. The van der Waals surface area contributed by atoms with Crippen LogP contribution in [0.15, 0.2) is 27.1 Å². The van der Waals surface area contributed by atoms with Crippen molar-refractivity contribution in [2.24, 2.45) is 0 Å². The molecule has 1 aromatic carbocycles. The summed E-state index contributed by atoms with van der Waals surface area (Å²) in [6.45, 7) is 6.31. The molecule has 0 bridgehead atoms. The van der Waals surface area contributed by atoms with E-state index in [1.807, 2.05) is 6.07 Å². The average Bonchev–Trinajstić information content (AvgIpc) is 2.35. The summed E-state index contributed by atoms with van der Waals surface area (Å²) in [7, 11) is 0. The van der Waals surface area contributed by atoms with Crippen molar-refractivity contribution in [3.8, 4) is 11.4 Å². The number of aryl methyl sites for hydroxylation is 1. The zero-order valence-electron chi connectivity index (χ0n) is 10.9. The number of H-pyrrole nitrogens is 1. The predicted molar refractivity (Wildman–Crippen MR) is 89.1 cm³/mol. The van der Waals surface area contributed by atoms with Gasteiger partial charge in [-0.1, -0.05) is 54.1 Å². The molecule has 0 aliphatic rings. The number of hydrogen-bond donors (Lipinski definition) is 1. The lowest BCUT2D eigenvalue weighted by atomic mass is 10.1. The molecule has 1 aromatic heterocycles. The summed E-state index contributed by atoms with van der Waals surface area (Å²) in [5.74, 6) is 1.16. The molecular formula is C14H14Br2N2S. The van der Waals surface area contributed by atoms with Crippen molar-refractivity contribution in [3.05, 3.63) is 43.0 Å². The summed E-state index contributed by atoms with van der Waals surface area (Å²) in [5, 5.41) is 0. The molecule has 2 aromatic rings. The molecule has 0 aliphatic heterocycles. The number of aromatic amines is 1. The van der Waals surface area contributed by atoms with Gasteiger partial charge in [0.1, 0.15) is 10.5 Å². The van der Waals surface area contributed by atoms with Crippen LogP contribution < -0.4 is 0 Å². The summed E-state index contributed by atoms with van der Waals surface area (Å²) in [4.78, 5) is 7.82. The fraction of sp³-hybridized carbons (Fsp3) is 0.286. The Balaban J connectivity index is 2.63. The first-order valence-corrected chi connectivity index (χ1v) is 7.95. The first kappa shape index (κ1) is 14.9. The fourth-order valence-corrected chi connectivity index (χ4v) is 2.98. The highest BCUT2D eigenvalue weighted by Gasteiger charge is 2.11. The molecule has 2 nitrogen and oxygen atoms in total. The second-order valence-electron chi connectivity index (χ2n) is 4.74. The van der Waals surface area contributed by atoms with Crippen LogP contribution in [0.4, 0.5) is 0 Å². The molecule has 2 rings (SSSR count). The number of nitrogens with zero attached hydrogens (tertiary/aromatic N) is 1. The van der Waals surface area contributed by atoms with E-state index in [0.29, 0.717) is 10.6 Å². The number of nitrogens with one attached hydrogen (secondary N) is 1. The van der Waals surface area contributed by atoms with Gasteiger partial charge in [-0.05, 0) is 40.4 Å². The molecule has 0 saturated carbocycles. The largest absolute Gasteiger partial charge is 0.342 e. The number of benzene rings is 1. The molecule has 0 radical (unpaired) electrons. The van der Waals surface area contributed by atoms with Gasteiger partial charge >= 0.3 is 0 Å². The molecule has 0 atom stereocenters. The van der Waals surface area contributed by atoms with Gasteiger partial charge in [0.15, 0.2) is 0 Å². The van der Waals surface area contributed by atoms with Crippen LogP contribution in [0, 0.1) is 11.6 Å². The van der Waals surface area contributed by atoms with E-state index in [0.717, 1.165) is 26.0 Å². The van der Waals surface area contributed by atoms with E-state index >= 15 is 0 Å². The van der Waals surface area contributed by atoms with E-state index in [1.165, 1.54) is 5.56 Å². The van der Waals surface area contributed by atoms with E-state index in [-0.39, 0.29) is 0 Å². The van der Waals surface area contributed by atoms with Gasteiger partial charge < -0.3 is 4.98 Å². The smallest absolute Gasteiger partial charge is 0.144 e. The van der Waals surface area contributed by atoms with Crippen LogP contribution in [0.25, 0.3) is 11.4 Å². The topological polar surface area (TPSA) is 28.7 Å². The van der Waals surface area contributed by atoms with E-state index < -0.39 is 0 Å². The van der Waals surface area contributed by atoms with Crippen molar-refractivity contribution in [3.63, 3.8) is 0 Å². The molecule has 100 valence electrons. The van der Waals surface area contributed by atoms with E-state index in [1.54, 1.807) is 0 Å². The molecule has 5 heteroatoms. The second-order valence-corrected chi connectivity index (χ2v) is 6.77. The van der Waals surface area contributed by atoms with Gasteiger partial charge in [0, 0.05) is 15.7 Å². The third-order valence-corrected chi connectivity index (χ3v) is 5.13. The molecule has 1 N–H and O–H groups in total. The van der Waals surface area contributed by atoms with Gasteiger partial charge in [-0.3, -0.25) is 0 Å². The Morgan fingerprint density at radius 2 is 1.95 bits per heavy atom. The van der Waals surface area contributed by atoms with E-state index in [9.17, 15) is 0 Å². The molecule has 0 amide bonds. The Kier molecular flexibility index (Phi) is 4.58. The van der Waals surface area contributed by atoms with Gasteiger partial charge in [-0.15, -0.1) is 0 Å². The average molecular weight is 402 g/mol. The summed E-state index contributed by atoms with van der Waals surface area (Å²) in [6.07, 6.45) is 0. The van der Waals surface area contributed by atoms with Crippen molar-refractivity contribution in [2.45, 2.75) is 26.7 Å². The lowest BCUT2D eigenvalue weighted by molar-refractivity contribution is 0.807. The molecule has 0 saturated heterocycles. The number of aromatic nitrogens is 2. The summed E-state index contributed by atoms with van der Waals surface area (Å²) >= 11 is 12.4. The number of halogens is 2. The van der Waals surface area contributed by atoms with Crippen molar-refractivity contribution >= 4 is 44.1 Å². The Morgan fingerprint density at radius 1 is 1.26 bits per heavy atom. The SMILES string of the molecule is Cc1ccc(-c2nc(=S)c(Br)c(C(C)C)[nH]2)cc1Br. The molecular weight excluding hydrogens is 388 g/mol. The maximum atomic E-state index is 5.32. The van der Waals surface area contributed by atoms with Gasteiger partial charge in [0.25, 0.3) is 0 Å². The second kappa shape index (κ2) is 5.85. The van der Waals surface area contributed by atoms with Crippen molar-refractivity contribution < 1.29 is 0 Å². The summed E-state index contributed by atoms with van der Waals surface area (Å²) < 4.78 is 2.54. The maximum absolute atomic E-state index is 5.32. The Bertz CT molecular complexity index is 678. The monoisotopic (exact) mass is 400 g/mol. The minimum atomic E-state index is 0.353. The summed E-state index contributed by atoms with van der Waals surface area (Å²) in [5.41, 5.74) is 3.30. The molecule has 1 heterocycles. The zero-order valence-corrected chi connectivity index (χ0v) is 14.9. The standard InChI is InChI=1S/C14H14Br2N2S/c1-7(2)12-11(16)14(19)18-13(17-12)9-5-4-8(3)10(15)6-9/h4-7H,1-3H3,(H,17,18,19). The van der Waals surface area contributed by atoms with Crippen LogP contribution in [0.1, 0.15) is 31.0 Å². The Hall–Kier alpha value is -0.520. The molecule has 0 fully saturated rings. The number of hydrogen-bond acceptors (Lipinski definition) is 2.